The van der Waals surface area contributed by atoms with Crippen LogP contribution >= 0.6 is 0 Å². The lowest BCUT2D eigenvalue weighted by atomic mass is 9.90. The first-order chi connectivity index (χ1) is 14.2. The van der Waals surface area contributed by atoms with Gasteiger partial charge in [-0.05, 0) is 48.9 Å². The fourth-order valence-electron chi connectivity index (χ4n) is 3.77. The van der Waals surface area contributed by atoms with Crippen LogP contribution in [-0.2, 0) is 6.42 Å². The fraction of sp³-hybridized carbons (Fsp3) is 0.261. The number of carbonyl (C=O) groups is 1. The summed E-state index contributed by atoms with van der Waals surface area (Å²) in [4.78, 5) is 22.7. The summed E-state index contributed by atoms with van der Waals surface area (Å²) in [5.41, 5.74) is 2.13. The highest BCUT2D eigenvalue weighted by atomic mass is 16.4. The molecule has 3 aromatic rings. The number of nitrogens with zero attached hydrogens (tertiary/aromatic N) is 3. The maximum atomic E-state index is 11.4. The zero-order chi connectivity index (χ0) is 20.1. The zero-order valence-corrected chi connectivity index (χ0v) is 16.2. The number of carboxylic acid groups (broad SMARTS) is 1. The number of hydrogen-bond donors (Lipinski definition) is 2. The van der Waals surface area contributed by atoms with Crippen molar-refractivity contribution >= 4 is 23.4 Å². The summed E-state index contributed by atoms with van der Waals surface area (Å²) in [5, 5.41) is 12.5. The first kappa shape index (κ1) is 18.9. The molecule has 6 nitrogen and oxygen atoms in total. The van der Waals surface area contributed by atoms with E-state index in [1.54, 1.807) is 36.5 Å². The Hall–Kier alpha value is -3.41. The predicted octanol–water partition coefficient (Wildman–Crippen LogP) is 4.38. The minimum absolute atomic E-state index is 0.217. The average Bonchev–Trinajstić information content (AvgIpc) is 2.75. The number of rotatable bonds is 6. The van der Waals surface area contributed by atoms with Gasteiger partial charge in [0.05, 0.1) is 11.3 Å². The maximum Gasteiger partial charge on any atom is 0.337 e. The third-order valence-electron chi connectivity index (χ3n) is 5.33. The van der Waals surface area contributed by atoms with Gasteiger partial charge in [-0.3, -0.25) is 0 Å². The third-order valence-corrected chi connectivity index (χ3v) is 5.33. The number of aromatic carboxylic acids is 1. The van der Waals surface area contributed by atoms with Gasteiger partial charge < -0.3 is 15.3 Å². The number of benzene rings is 2. The lowest BCUT2D eigenvalue weighted by Gasteiger charge is -2.32. The summed E-state index contributed by atoms with van der Waals surface area (Å²) in [6, 6.07) is 19.2. The number of para-hydroxylation sites is 1. The largest absolute Gasteiger partial charge is 0.478 e. The molecule has 1 fully saturated rings. The minimum atomic E-state index is -0.970. The average molecular weight is 388 g/mol. The van der Waals surface area contributed by atoms with Crippen LogP contribution in [0.5, 0.6) is 0 Å². The summed E-state index contributed by atoms with van der Waals surface area (Å²) in [6.07, 6.45) is 5.04. The molecule has 1 aliphatic rings. The first-order valence-corrected chi connectivity index (χ1v) is 9.90. The Morgan fingerprint density at radius 2 is 1.76 bits per heavy atom. The van der Waals surface area contributed by atoms with Crippen molar-refractivity contribution in [1.29, 1.82) is 0 Å². The Morgan fingerprint density at radius 1 is 1.03 bits per heavy atom. The van der Waals surface area contributed by atoms with Gasteiger partial charge in [0.25, 0.3) is 0 Å². The van der Waals surface area contributed by atoms with Gasteiger partial charge in [-0.25, -0.2) is 9.78 Å². The van der Waals surface area contributed by atoms with Gasteiger partial charge in [-0.15, -0.1) is 0 Å². The second kappa shape index (κ2) is 8.73. The summed E-state index contributed by atoms with van der Waals surface area (Å²) in [6.45, 7) is 1.85. The molecular weight excluding hydrogens is 364 g/mol. The van der Waals surface area contributed by atoms with Crippen molar-refractivity contribution in [2.24, 2.45) is 5.92 Å². The van der Waals surface area contributed by atoms with Gasteiger partial charge in [0.15, 0.2) is 0 Å². The van der Waals surface area contributed by atoms with Crippen LogP contribution in [-0.4, -0.2) is 34.1 Å². The van der Waals surface area contributed by atoms with Crippen molar-refractivity contribution in [2.75, 3.05) is 23.3 Å². The van der Waals surface area contributed by atoms with Crippen LogP contribution in [0.15, 0.2) is 66.9 Å². The molecule has 0 aliphatic carbocycles. The van der Waals surface area contributed by atoms with E-state index in [4.69, 9.17) is 0 Å². The Morgan fingerprint density at radius 3 is 2.52 bits per heavy atom. The lowest BCUT2D eigenvalue weighted by molar-refractivity contribution is 0.0698. The molecule has 0 amide bonds. The summed E-state index contributed by atoms with van der Waals surface area (Å²) < 4.78 is 0. The van der Waals surface area contributed by atoms with Gasteiger partial charge in [0, 0.05) is 19.3 Å². The molecule has 1 saturated heterocycles. The zero-order valence-electron chi connectivity index (χ0n) is 16.2. The van der Waals surface area contributed by atoms with Crippen molar-refractivity contribution in [3.63, 3.8) is 0 Å². The molecule has 0 radical (unpaired) electrons. The lowest BCUT2D eigenvalue weighted by Crippen LogP contribution is -2.35. The molecule has 0 atom stereocenters. The second-order valence-corrected chi connectivity index (χ2v) is 7.34. The van der Waals surface area contributed by atoms with E-state index in [2.05, 4.69) is 50.5 Å². The van der Waals surface area contributed by atoms with Crippen molar-refractivity contribution < 1.29 is 9.90 Å². The topological polar surface area (TPSA) is 78.3 Å². The van der Waals surface area contributed by atoms with Crippen LogP contribution in [0.3, 0.4) is 0 Å². The highest BCUT2D eigenvalue weighted by molar-refractivity contribution is 5.94. The van der Waals surface area contributed by atoms with E-state index >= 15 is 0 Å². The van der Waals surface area contributed by atoms with E-state index in [-0.39, 0.29) is 5.56 Å². The van der Waals surface area contributed by atoms with Gasteiger partial charge in [-0.1, -0.05) is 42.5 Å². The summed E-state index contributed by atoms with van der Waals surface area (Å²) in [5.74, 6) is 0.983. The van der Waals surface area contributed by atoms with Crippen LogP contribution in [0.4, 0.5) is 17.5 Å². The fourth-order valence-corrected chi connectivity index (χ4v) is 3.77. The number of piperidine rings is 1. The number of carboxylic acids is 1. The van der Waals surface area contributed by atoms with E-state index < -0.39 is 5.97 Å². The van der Waals surface area contributed by atoms with Crippen LogP contribution < -0.4 is 10.2 Å². The standard InChI is InChI=1S/C23H24N4O2/c28-22(29)19-8-4-5-9-20(19)25-21-10-13-24-23(26-21)27-14-11-18(12-15-27)16-17-6-2-1-3-7-17/h1-10,13,18H,11-12,14-16H2,(H,28,29)(H,24,25,26). The van der Waals surface area contributed by atoms with Crippen molar-refractivity contribution in [2.45, 2.75) is 19.3 Å². The molecule has 29 heavy (non-hydrogen) atoms. The molecule has 0 bridgehead atoms. The monoisotopic (exact) mass is 388 g/mol. The Balaban J connectivity index is 1.40. The molecule has 148 valence electrons. The Kier molecular flexibility index (Phi) is 5.70. The smallest absolute Gasteiger partial charge is 0.337 e. The van der Waals surface area contributed by atoms with Crippen LogP contribution in [0.25, 0.3) is 0 Å². The second-order valence-electron chi connectivity index (χ2n) is 7.34. The minimum Gasteiger partial charge on any atom is -0.478 e. The Bertz CT molecular complexity index is 969. The molecule has 2 heterocycles. The Labute approximate surface area is 170 Å². The molecule has 1 aliphatic heterocycles. The molecule has 4 rings (SSSR count). The van der Waals surface area contributed by atoms with Crippen LogP contribution in [0, 0.1) is 5.92 Å². The number of aromatic nitrogens is 2. The highest BCUT2D eigenvalue weighted by Gasteiger charge is 2.21. The third kappa shape index (κ3) is 4.71. The molecule has 2 N–H and O–H groups in total. The van der Waals surface area contributed by atoms with Crippen LogP contribution in [0.2, 0.25) is 0 Å². The predicted molar refractivity (Wildman–Crippen MR) is 114 cm³/mol. The maximum absolute atomic E-state index is 11.4. The number of hydrogen-bond acceptors (Lipinski definition) is 5. The van der Waals surface area contributed by atoms with Crippen molar-refractivity contribution in [3.05, 3.63) is 78.0 Å². The van der Waals surface area contributed by atoms with Gasteiger partial charge in [0.1, 0.15) is 5.82 Å². The molecular formula is C23H24N4O2. The number of anilines is 3. The van der Waals surface area contributed by atoms with E-state index in [1.165, 1.54) is 5.56 Å². The summed E-state index contributed by atoms with van der Waals surface area (Å²) >= 11 is 0. The van der Waals surface area contributed by atoms with Gasteiger partial charge in [-0.2, -0.15) is 4.98 Å². The quantitative estimate of drug-likeness (QED) is 0.653. The van der Waals surface area contributed by atoms with E-state index in [0.29, 0.717) is 23.4 Å². The van der Waals surface area contributed by atoms with E-state index in [0.717, 1.165) is 32.4 Å². The summed E-state index contributed by atoms with van der Waals surface area (Å²) in [7, 11) is 0. The van der Waals surface area contributed by atoms with Gasteiger partial charge in [0.2, 0.25) is 5.95 Å². The molecule has 0 spiro atoms. The SMILES string of the molecule is O=C(O)c1ccccc1Nc1ccnc(N2CCC(Cc3ccccc3)CC2)n1. The van der Waals surface area contributed by atoms with Gasteiger partial charge >= 0.3 is 5.97 Å². The normalized spacial score (nSPS) is 14.6. The van der Waals surface area contributed by atoms with Crippen molar-refractivity contribution in [1.82, 2.24) is 9.97 Å². The molecule has 1 aromatic heterocycles. The van der Waals surface area contributed by atoms with Crippen LogP contribution in [0.1, 0.15) is 28.8 Å². The highest BCUT2D eigenvalue weighted by Crippen LogP contribution is 2.25. The molecule has 2 aromatic carbocycles. The first-order valence-electron chi connectivity index (χ1n) is 9.90. The molecule has 0 saturated carbocycles. The molecule has 0 unspecified atom stereocenters. The number of nitrogens with one attached hydrogen (secondary N) is 1. The van der Waals surface area contributed by atoms with E-state index in [9.17, 15) is 9.90 Å². The van der Waals surface area contributed by atoms with Crippen molar-refractivity contribution in [3.8, 4) is 0 Å². The van der Waals surface area contributed by atoms with E-state index in [1.807, 2.05) is 0 Å². The molecule has 6 heteroatoms.